The van der Waals surface area contributed by atoms with Crippen molar-refractivity contribution in [3.8, 4) is 0 Å². The van der Waals surface area contributed by atoms with E-state index in [2.05, 4.69) is 10.6 Å². The van der Waals surface area contributed by atoms with Crippen molar-refractivity contribution in [2.24, 2.45) is 11.8 Å². The summed E-state index contributed by atoms with van der Waals surface area (Å²) < 4.78 is 5.35. The molecule has 3 aliphatic rings. The first kappa shape index (κ1) is 25.1. The van der Waals surface area contributed by atoms with Crippen LogP contribution in [0, 0.1) is 11.8 Å². The number of nitrogens with zero attached hydrogens (tertiary/aromatic N) is 1. The zero-order valence-electron chi connectivity index (χ0n) is 20.1. The van der Waals surface area contributed by atoms with E-state index >= 15 is 0 Å². The van der Waals surface area contributed by atoms with Crippen molar-refractivity contribution in [3.63, 3.8) is 0 Å². The number of amides is 3. The summed E-state index contributed by atoms with van der Waals surface area (Å²) in [5, 5.41) is 15.2. The number of carbonyl (C=O) groups excluding carboxylic acids is 3. The van der Waals surface area contributed by atoms with Crippen LogP contribution in [0.5, 0.6) is 0 Å². The van der Waals surface area contributed by atoms with Gasteiger partial charge in [0.15, 0.2) is 0 Å². The SMILES string of the molecule is C[C@@H]1C[C@H]2C(=O)N[C@]3(C(=O)O)C[C@H]3/C=C\CCCCC[C@H](NC(=O)OC(C)(C)C)C(=O)N2C1. The fourth-order valence-corrected chi connectivity index (χ4v) is 4.76. The van der Waals surface area contributed by atoms with Gasteiger partial charge in [0.2, 0.25) is 11.8 Å². The summed E-state index contributed by atoms with van der Waals surface area (Å²) in [7, 11) is 0. The minimum absolute atomic E-state index is 0.0847. The Labute approximate surface area is 195 Å². The van der Waals surface area contributed by atoms with Crippen LogP contribution in [-0.2, 0) is 19.1 Å². The average molecular weight is 464 g/mol. The van der Waals surface area contributed by atoms with E-state index in [0.29, 0.717) is 25.8 Å². The van der Waals surface area contributed by atoms with Crippen LogP contribution in [-0.4, -0.2) is 63.7 Å². The van der Waals surface area contributed by atoms with Crippen LogP contribution in [0.25, 0.3) is 0 Å². The Kier molecular flexibility index (Phi) is 7.39. The van der Waals surface area contributed by atoms with E-state index in [1.165, 1.54) is 4.90 Å². The predicted octanol–water partition coefficient (Wildman–Crippen LogP) is 2.60. The normalized spacial score (nSPS) is 34.1. The van der Waals surface area contributed by atoms with Crippen LogP contribution < -0.4 is 10.6 Å². The van der Waals surface area contributed by atoms with Gasteiger partial charge in [0.05, 0.1) is 0 Å². The lowest BCUT2D eigenvalue weighted by Gasteiger charge is -2.30. The maximum atomic E-state index is 13.5. The lowest BCUT2D eigenvalue weighted by atomic mass is 10.0. The van der Waals surface area contributed by atoms with E-state index in [-0.39, 0.29) is 17.7 Å². The summed E-state index contributed by atoms with van der Waals surface area (Å²) in [5.74, 6) is -1.98. The van der Waals surface area contributed by atoms with E-state index in [1.54, 1.807) is 20.8 Å². The van der Waals surface area contributed by atoms with E-state index in [9.17, 15) is 24.3 Å². The Balaban J connectivity index is 1.83. The summed E-state index contributed by atoms with van der Waals surface area (Å²) >= 11 is 0. The molecule has 9 heteroatoms. The number of aliphatic carboxylic acids is 1. The maximum absolute atomic E-state index is 13.5. The summed E-state index contributed by atoms with van der Waals surface area (Å²) in [6.07, 6.45) is 7.75. The van der Waals surface area contributed by atoms with Gasteiger partial charge in [0, 0.05) is 12.5 Å². The highest BCUT2D eigenvalue weighted by molar-refractivity contribution is 5.96. The van der Waals surface area contributed by atoms with Gasteiger partial charge in [-0.25, -0.2) is 9.59 Å². The van der Waals surface area contributed by atoms with Gasteiger partial charge in [-0.3, -0.25) is 9.59 Å². The number of fused-ring (bicyclic) bond motifs is 2. The number of carbonyl (C=O) groups is 4. The van der Waals surface area contributed by atoms with Crippen LogP contribution in [0.1, 0.15) is 72.6 Å². The molecule has 0 spiro atoms. The molecular formula is C24H37N3O6. The Morgan fingerprint density at radius 1 is 1.24 bits per heavy atom. The second-order valence-electron chi connectivity index (χ2n) is 10.7. The average Bonchev–Trinajstić information content (AvgIpc) is 3.25. The summed E-state index contributed by atoms with van der Waals surface area (Å²) in [5.41, 5.74) is -2.00. The molecule has 1 aliphatic carbocycles. The smallest absolute Gasteiger partial charge is 0.408 e. The Bertz CT molecular complexity index is 820. The number of hydrogen-bond acceptors (Lipinski definition) is 5. The minimum Gasteiger partial charge on any atom is -0.479 e. The molecule has 5 atom stereocenters. The van der Waals surface area contributed by atoms with Gasteiger partial charge < -0.3 is 25.4 Å². The second kappa shape index (κ2) is 9.73. The molecule has 0 bridgehead atoms. The first-order chi connectivity index (χ1) is 15.4. The lowest BCUT2D eigenvalue weighted by molar-refractivity contribution is -0.145. The number of hydrogen-bond donors (Lipinski definition) is 3. The molecule has 184 valence electrons. The van der Waals surface area contributed by atoms with Crippen LogP contribution in [0.4, 0.5) is 4.79 Å². The maximum Gasteiger partial charge on any atom is 0.408 e. The molecule has 3 N–H and O–H groups in total. The molecule has 0 aromatic rings. The van der Waals surface area contributed by atoms with Crippen molar-refractivity contribution >= 4 is 23.9 Å². The molecule has 0 unspecified atom stereocenters. The highest BCUT2D eigenvalue weighted by atomic mass is 16.6. The largest absolute Gasteiger partial charge is 0.479 e. The molecule has 0 aromatic carbocycles. The number of carboxylic acids is 1. The van der Waals surface area contributed by atoms with Crippen molar-refractivity contribution < 1.29 is 29.0 Å². The van der Waals surface area contributed by atoms with Gasteiger partial charge in [0.25, 0.3) is 0 Å². The number of ether oxygens (including phenoxy) is 1. The van der Waals surface area contributed by atoms with Crippen molar-refractivity contribution in [1.29, 1.82) is 0 Å². The topological polar surface area (TPSA) is 125 Å². The molecule has 9 nitrogen and oxygen atoms in total. The van der Waals surface area contributed by atoms with Crippen LogP contribution in [0.15, 0.2) is 12.2 Å². The zero-order valence-corrected chi connectivity index (χ0v) is 20.1. The molecule has 3 amide bonds. The number of allylic oxidation sites excluding steroid dienone is 1. The van der Waals surface area contributed by atoms with Crippen molar-refractivity contribution in [1.82, 2.24) is 15.5 Å². The third-order valence-electron chi connectivity index (χ3n) is 6.56. The Morgan fingerprint density at radius 3 is 2.64 bits per heavy atom. The standard InChI is InChI=1S/C24H37N3O6/c1-15-12-18-19(28)26-24(21(30)31)13-16(24)10-8-6-5-7-9-11-17(20(29)27(18)14-15)25-22(32)33-23(2,3)4/h8,10,15-18H,5-7,9,11-14H2,1-4H3,(H,25,32)(H,26,28)(H,30,31)/b10-8-/t15-,16-,17+,18+,24-/m1/s1. The molecular weight excluding hydrogens is 426 g/mol. The summed E-state index contributed by atoms with van der Waals surface area (Å²) in [6.45, 7) is 7.60. The highest BCUT2D eigenvalue weighted by Gasteiger charge is 2.61. The summed E-state index contributed by atoms with van der Waals surface area (Å²) in [4.78, 5) is 52.6. The minimum atomic E-state index is -1.30. The van der Waals surface area contributed by atoms with Crippen molar-refractivity contribution in [3.05, 3.63) is 12.2 Å². The fourth-order valence-electron chi connectivity index (χ4n) is 4.76. The van der Waals surface area contributed by atoms with Crippen LogP contribution >= 0.6 is 0 Å². The predicted molar refractivity (Wildman–Crippen MR) is 121 cm³/mol. The lowest BCUT2D eigenvalue weighted by Crippen LogP contribution is -2.56. The molecule has 1 saturated carbocycles. The first-order valence-electron chi connectivity index (χ1n) is 11.9. The van der Waals surface area contributed by atoms with E-state index < -0.39 is 41.2 Å². The number of rotatable bonds is 2. The molecule has 3 rings (SSSR count). The van der Waals surface area contributed by atoms with Crippen LogP contribution in [0.3, 0.4) is 0 Å². The van der Waals surface area contributed by atoms with Gasteiger partial charge in [-0.2, -0.15) is 0 Å². The van der Waals surface area contributed by atoms with Crippen molar-refractivity contribution in [2.75, 3.05) is 6.54 Å². The van der Waals surface area contributed by atoms with E-state index in [0.717, 1.165) is 25.7 Å². The molecule has 0 aromatic heterocycles. The second-order valence-corrected chi connectivity index (χ2v) is 10.7. The molecule has 33 heavy (non-hydrogen) atoms. The Hall–Kier alpha value is -2.58. The summed E-state index contributed by atoms with van der Waals surface area (Å²) in [6, 6.07) is -1.56. The van der Waals surface area contributed by atoms with E-state index in [4.69, 9.17) is 4.74 Å². The monoisotopic (exact) mass is 463 g/mol. The Morgan fingerprint density at radius 2 is 1.97 bits per heavy atom. The zero-order chi connectivity index (χ0) is 24.4. The third kappa shape index (κ3) is 6.06. The number of carboxylic acid groups (broad SMARTS) is 1. The molecule has 0 radical (unpaired) electrons. The van der Waals surface area contributed by atoms with Gasteiger partial charge in [-0.15, -0.1) is 0 Å². The van der Waals surface area contributed by atoms with Gasteiger partial charge in [0.1, 0.15) is 23.2 Å². The molecule has 2 fully saturated rings. The van der Waals surface area contributed by atoms with E-state index in [1.807, 2.05) is 19.1 Å². The quantitative estimate of drug-likeness (QED) is 0.541. The van der Waals surface area contributed by atoms with Gasteiger partial charge in [-0.1, -0.05) is 31.9 Å². The van der Waals surface area contributed by atoms with Crippen molar-refractivity contribution in [2.45, 2.75) is 95.9 Å². The number of nitrogens with one attached hydrogen (secondary N) is 2. The highest BCUT2D eigenvalue weighted by Crippen LogP contribution is 2.45. The van der Waals surface area contributed by atoms with Gasteiger partial charge >= 0.3 is 12.1 Å². The van der Waals surface area contributed by atoms with Crippen LogP contribution in [0.2, 0.25) is 0 Å². The molecule has 2 heterocycles. The first-order valence-corrected chi connectivity index (χ1v) is 11.9. The third-order valence-corrected chi connectivity index (χ3v) is 6.56. The fraction of sp³-hybridized carbons (Fsp3) is 0.750. The van der Waals surface area contributed by atoms with Gasteiger partial charge in [-0.05, 0) is 58.8 Å². The molecule has 1 saturated heterocycles. The molecule has 2 aliphatic heterocycles. The number of alkyl carbamates (subject to hydrolysis) is 1.